The van der Waals surface area contributed by atoms with E-state index in [0.717, 1.165) is 12.8 Å². The first-order chi connectivity index (χ1) is 9.29. The molecule has 1 saturated heterocycles. The summed E-state index contributed by atoms with van der Waals surface area (Å²) in [6.45, 7) is 11.4. The second-order valence-electron chi connectivity index (χ2n) is 6.50. The normalized spacial score (nSPS) is 23.9. The molecular weight excluding hydrogens is 256 g/mol. The van der Waals surface area contributed by atoms with E-state index < -0.39 is 12.1 Å². The van der Waals surface area contributed by atoms with E-state index in [4.69, 9.17) is 4.74 Å². The smallest absolute Gasteiger partial charge is 0.245 e. The van der Waals surface area contributed by atoms with Crippen molar-refractivity contribution in [3.8, 4) is 0 Å². The highest BCUT2D eigenvalue weighted by atomic mass is 16.5. The number of piperazine rings is 1. The van der Waals surface area contributed by atoms with Crippen LogP contribution in [0.25, 0.3) is 0 Å². The van der Waals surface area contributed by atoms with Crippen molar-refractivity contribution < 1.29 is 14.3 Å². The molecule has 0 radical (unpaired) electrons. The van der Waals surface area contributed by atoms with Gasteiger partial charge >= 0.3 is 0 Å². The SMILES string of the molecule is CCCCOCCN1C(=O)C(C)NC(=O)C1C(C)(C)C. The lowest BCUT2D eigenvalue weighted by Crippen LogP contribution is -2.66. The zero-order valence-corrected chi connectivity index (χ0v) is 13.4. The van der Waals surface area contributed by atoms with E-state index in [-0.39, 0.29) is 17.2 Å². The van der Waals surface area contributed by atoms with Gasteiger partial charge < -0.3 is 15.0 Å². The van der Waals surface area contributed by atoms with E-state index in [0.29, 0.717) is 19.8 Å². The van der Waals surface area contributed by atoms with Crippen LogP contribution in [-0.4, -0.2) is 48.6 Å². The van der Waals surface area contributed by atoms with Crippen LogP contribution < -0.4 is 5.32 Å². The molecule has 116 valence electrons. The van der Waals surface area contributed by atoms with Crippen molar-refractivity contribution >= 4 is 11.8 Å². The number of rotatable bonds is 6. The summed E-state index contributed by atoms with van der Waals surface area (Å²) in [4.78, 5) is 26.2. The fraction of sp³-hybridized carbons (Fsp3) is 0.867. The minimum absolute atomic E-state index is 0.0244. The van der Waals surface area contributed by atoms with Crippen LogP contribution in [-0.2, 0) is 14.3 Å². The summed E-state index contributed by atoms with van der Waals surface area (Å²) in [6.07, 6.45) is 2.11. The number of ether oxygens (including phenoxy) is 1. The van der Waals surface area contributed by atoms with Crippen LogP contribution in [0.1, 0.15) is 47.5 Å². The lowest BCUT2D eigenvalue weighted by molar-refractivity contribution is -0.154. The lowest BCUT2D eigenvalue weighted by Gasteiger charge is -2.44. The predicted octanol–water partition coefficient (Wildman–Crippen LogP) is 1.56. The molecule has 1 fully saturated rings. The second kappa shape index (κ2) is 7.07. The van der Waals surface area contributed by atoms with Crippen LogP contribution in [0, 0.1) is 5.41 Å². The maximum atomic E-state index is 12.3. The number of hydrogen-bond acceptors (Lipinski definition) is 3. The van der Waals surface area contributed by atoms with Crippen molar-refractivity contribution in [1.29, 1.82) is 0 Å². The van der Waals surface area contributed by atoms with Crippen molar-refractivity contribution in [3.63, 3.8) is 0 Å². The Bertz CT molecular complexity index is 350. The molecule has 0 aliphatic carbocycles. The molecule has 2 atom stereocenters. The molecule has 1 heterocycles. The number of carbonyl (C=O) groups excluding carboxylic acids is 2. The van der Waals surface area contributed by atoms with E-state index in [1.807, 2.05) is 20.8 Å². The highest BCUT2D eigenvalue weighted by Gasteiger charge is 2.44. The summed E-state index contributed by atoms with van der Waals surface area (Å²) in [5, 5.41) is 2.76. The molecule has 5 nitrogen and oxygen atoms in total. The molecule has 20 heavy (non-hydrogen) atoms. The largest absolute Gasteiger partial charge is 0.380 e. The Balaban J connectivity index is 2.69. The molecule has 2 amide bonds. The van der Waals surface area contributed by atoms with Crippen LogP contribution in [0.5, 0.6) is 0 Å². The van der Waals surface area contributed by atoms with Crippen molar-refractivity contribution in [2.45, 2.75) is 59.5 Å². The fourth-order valence-electron chi connectivity index (χ4n) is 2.48. The zero-order valence-electron chi connectivity index (χ0n) is 13.4. The van der Waals surface area contributed by atoms with Gasteiger partial charge in [0.05, 0.1) is 6.61 Å². The Morgan fingerprint density at radius 1 is 1.25 bits per heavy atom. The molecule has 0 aromatic rings. The number of nitrogens with zero attached hydrogens (tertiary/aromatic N) is 1. The quantitative estimate of drug-likeness (QED) is 0.753. The molecule has 0 saturated carbocycles. The fourth-order valence-corrected chi connectivity index (χ4v) is 2.48. The van der Waals surface area contributed by atoms with Gasteiger partial charge in [0.25, 0.3) is 0 Å². The summed E-state index contributed by atoms with van der Waals surface area (Å²) in [7, 11) is 0. The van der Waals surface area contributed by atoms with Gasteiger partial charge in [-0.25, -0.2) is 0 Å². The number of amides is 2. The summed E-state index contributed by atoms with van der Waals surface area (Å²) >= 11 is 0. The summed E-state index contributed by atoms with van der Waals surface area (Å²) < 4.78 is 5.53. The van der Waals surface area contributed by atoms with Crippen molar-refractivity contribution in [3.05, 3.63) is 0 Å². The van der Waals surface area contributed by atoms with Crippen LogP contribution in [0.3, 0.4) is 0 Å². The second-order valence-corrected chi connectivity index (χ2v) is 6.50. The first-order valence-electron chi connectivity index (χ1n) is 7.47. The van der Waals surface area contributed by atoms with E-state index in [2.05, 4.69) is 12.2 Å². The predicted molar refractivity (Wildman–Crippen MR) is 78.3 cm³/mol. The molecule has 2 unspecified atom stereocenters. The van der Waals surface area contributed by atoms with Crippen LogP contribution in [0.15, 0.2) is 0 Å². The van der Waals surface area contributed by atoms with Crippen LogP contribution >= 0.6 is 0 Å². The van der Waals surface area contributed by atoms with Gasteiger partial charge in [-0.1, -0.05) is 34.1 Å². The Morgan fingerprint density at radius 3 is 2.45 bits per heavy atom. The van der Waals surface area contributed by atoms with Gasteiger partial charge in [0.15, 0.2) is 0 Å². The number of hydrogen-bond donors (Lipinski definition) is 1. The summed E-state index contributed by atoms with van der Waals surface area (Å²) in [5.74, 6) is -0.0956. The standard InChI is InChI=1S/C15H28N2O3/c1-6-7-9-20-10-8-17-12(15(3,4)5)13(18)16-11(2)14(17)19/h11-12H,6-10H2,1-5H3,(H,16,18). The number of unbranched alkanes of at least 4 members (excludes halogenated alkanes) is 1. The van der Waals surface area contributed by atoms with E-state index in [1.165, 1.54) is 0 Å². The van der Waals surface area contributed by atoms with E-state index >= 15 is 0 Å². The summed E-state index contributed by atoms with van der Waals surface area (Å²) in [5.41, 5.74) is -0.288. The number of nitrogens with one attached hydrogen (secondary N) is 1. The Hall–Kier alpha value is -1.10. The van der Waals surface area contributed by atoms with Gasteiger partial charge in [-0.15, -0.1) is 0 Å². The molecule has 0 bridgehead atoms. The minimum atomic E-state index is -0.447. The van der Waals surface area contributed by atoms with Crippen molar-refractivity contribution in [2.75, 3.05) is 19.8 Å². The lowest BCUT2D eigenvalue weighted by atomic mass is 9.83. The highest BCUT2D eigenvalue weighted by molar-refractivity contribution is 5.97. The van der Waals surface area contributed by atoms with Gasteiger partial charge in [-0.3, -0.25) is 9.59 Å². The van der Waals surface area contributed by atoms with Crippen molar-refractivity contribution in [1.82, 2.24) is 10.2 Å². The van der Waals surface area contributed by atoms with Crippen LogP contribution in [0.4, 0.5) is 0 Å². The third-order valence-electron chi connectivity index (χ3n) is 3.51. The maximum absolute atomic E-state index is 12.3. The average Bonchev–Trinajstić information content (AvgIpc) is 2.33. The first-order valence-corrected chi connectivity index (χ1v) is 7.47. The molecule has 0 aromatic heterocycles. The summed E-state index contributed by atoms with van der Waals surface area (Å²) in [6, 6.07) is -0.877. The highest BCUT2D eigenvalue weighted by Crippen LogP contribution is 2.27. The first kappa shape index (κ1) is 17.0. The molecule has 1 rings (SSSR count). The van der Waals surface area contributed by atoms with E-state index in [1.54, 1.807) is 11.8 Å². The molecule has 0 spiro atoms. The van der Waals surface area contributed by atoms with Gasteiger partial charge in [0, 0.05) is 13.2 Å². The maximum Gasteiger partial charge on any atom is 0.245 e. The monoisotopic (exact) mass is 284 g/mol. The molecule has 5 heteroatoms. The third-order valence-corrected chi connectivity index (χ3v) is 3.51. The Kier molecular flexibility index (Phi) is 5.99. The zero-order chi connectivity index (χ0) is 15.3. The third kappa shape index (κ3) is 4.20. The van der Waals surface area contributed by atoms with Crippen molar-refractivity contribution in [2.24, 2.45) is 5.41 Å². The van der Waals surface area contributed by atoms with Gasteiger partial charge in [-0.2, -0.15) is 0 Å². The van der Waals surface area contributed by atoms with E-state index in [9.17, 15) is 9.59 Å². The molecule has 1 aliphatic rings. The van der Waals surface area contributed by atoms with Gasteiger partial charge in [0.1, 0.15) is 12.1 Å². The average molecular weight is 284 g/mol. The molecule has 1 aliphatic heterocycles. The van der Waals surface area contributed by atoms with Gasteiger partial charge in [-0.05, 0) is 18.8 Å². The molecule has 0 aromatic carbocycles. The number of carbonyl (C=O) groups is 2. The Morgan fingerprint density at radius 2 is 1.90 bits per heavy atom. The Labute approximate surface area is 122 Å². The topological polar surface area (TPSA) is 58.6 Å². The van der Waals surface area contributed by atoms with Crippen LogP contribution in [0.2, 0.25) is 0 Å². The molecule has 1 N–H and O–H groups in total. The van der Waals surface area contributed by atoms with Gasteiger partial charge in [0.2, 0.25) is 11.8 Å². The molecular formula is C15H28N2O3. The minimum Gasteiger partial charge on any atom is -0.380 e.